The van der Waals surface area contributed by atoms with Crippen molar-refractivity contribution in [3.63, 3.8) is 0 Å². The molecular weight excluding hydrogens is 429 g/mol. The zero-order chi connectivity index (χ0) is 19.2. The fourth-order valence-corrected chi connectivity index (χ4v) is 3.49. The zero-order valence-electron chi connectivity index (χ0n) is 14.1. The highest BCUT2D eigenvalue weighted by atomic mass is 79.9. The van der Waals surface area contributed by atoms with Crippen molar-refractivity contribution >= 4 is 45.1 Å². The van der Waals surface area contributed by atoms with Crippen LogP contribution in [0, 0.1) is 5.82 Å². The molecule has 3 rings (SSSR count). The third kappa shape index (κ3) is 5.28. The van der Waals surface area contributed by atoms with E-state index in [2.05, 4.69) is 21.2 Å². The Morgan fingerprint density at radius 3 is 2.44 bits per heavy atom. The van der Waals surface area contributed by atoms with E-state index in [0.29, 0.717) is 11.3 Å². The predicted molar refractivity (Wildman–Crippen MR) is 110 cm³/mol. The molecule has 3 aromatic rings. The molecule has 6 heteroatoms. The van der Waals surface area contributed by atoms with Crippen molar-refractivity contribution in [2.24, 2.45) is 0 Å². The molecule has 0 aliphatic heterocycles. The third-order valence-electron chi connectivity index (χ3n) is 3.75. The highest BCUT2D eigenvalue weighted by molar-refractivity contribution is 9.10. The number of nitrogens with one attached hydrogen (secondary N) is 1. The number of ketones is 1. The van der Waals surface area contributed by atoms with Gasteiger partial charge in [-0.25, -0.2) is 4.39 Å². The van der Waals surface area contributed by atoms with Gasteiger partial charge in [0.15, 0.2) is 5.78 Å². The Morgan fingerprint density at radius 2 is 1.70 bits per heavy atom. The molecule has 0 spiro atoms. The quantitative estimate of drug-likeness (QED) is 0.385. The minimum absolute atomic E-state index is 0.0130. The molecule has 1 N–H and O–H groups in total. The van der Waals surface area contributed by atoms with Gasteiger partial charge in [0, 0.05) is 20.6 Å². The zero-order valence-corrected chi connectivity index (χ0v) is 16.5. The molecule has 3 nitrogen and oxygen atoms in total. The summed E-state index contributed by atoms with van der Waals surface area (Å²) < 4.78 is 14.6. The highest BCUT2D eigenvalue weighted by Crippen LogP contribution is 2.23. The van der Waals surface area contributed by atoms with Crippen LogP contribution in [-0.4, -0.2) is 17.4 Å². The summed E-state index contributed by atoms with van der Waals surface area (Å²) >= 11 is 4.73. The highest BCUT2D eigenvalue weighted by Gasteiger charge is 2.12. The third-order valence-corrected chi connectivity index (χ3v) is 5.27. The van der Waals surface area contributed by atoms with E-state index in [9.17, 15) is 14.0 Å². The van der Waals surface area contributed by atoms with Gasteiger partial charge in [0.1, 0.15) is 5.82 Å². The van der Waals surface area contributed by atoms with E-state index in [0.717, 1.165) is 9.37 Å². The van der Waals surface area contributed by atoms with Gasteiger partial charge in [-0.3, -0.25) is 9.59 Å². The number of anilines is 1. The summed E-state index contributed by atoms with van der Waals surface area (Å²) in [7, 11) is 0. The second kappa shape index (κ2) is 8.97. The van der Waals surface area contributed by atoms with Gasteiger partial charge in [0.05, 0.1) is 11.3 Å². The molecule has 0 bridgehead atoms. The van der Waals surface area contributed by atoms with Gasteiger partial charge < -0.3 is 5.32 Å². The molecule has 0 radical (unpaired) electrons. The summed E-state index contributed by atoms with van der Waals surface area (Å²) in [4.78, 5) is 25.3. The second-order valence-electron chi connectivity index (χ2n) is 5.68. The molecule has 0 saturated carbocycles. The SMILES string of the molecule is O=C(CSc1cccc(NC(=O)c2ccccc2F)c1)c1ccc(Br)cc1. The molecule has 0 saturated heterocycles. The molecule has 0 fully saturated rings. The summed E-state index contributed by atoms with van der Waals surface area (Å²) in [6.45, 7) is 0. The Morgan fingerprint density at radius 1 is 0.963 bits per heavy atom. The van der Waals surface area contributed by atoms with Crippen molar-refractivity contribution in [1.82, 2.24) is 0 Å². The fraction of sp³-hybridized carbons (Fsp3) is 0.0476. The lowest BCUT2D eigenvalue weighted by Gasteiger charge is -2.08. The summed E-state index contributed by atoms with van der Waals surface area (Å²) in [6, 6.07) is 20.2. The standard InChI is InChI=1S/C21H15BrFNO2S/c22-15-10-8-14(9-11-15)20(25)13-27-17-5-3-4-16(12-17)24-21(26)18-6-1-2-7-19(18)23/h1-12H,13H2,(H,24,26). The van der Waals surface area contributed by atoms with Crippen molar-refractivity contribution < 1.29 is 14.0 Å². The molecule has 0 aromatic heterocycles. The van der Waals surface area contributed by atoms with Gasteiger partial charge >= 0.3 is 0 Å². The van der Waals surface area contributed by atoms with Crippen LogP contribution >= 0.6 is 27.7 Å². The molecule has 27 heavy (non-hydrogen) atoms. The van der Waals surface area contributed by atoms with Crippen molar-refractivity contribution in [2.75, 3.05) is 11.1 Å². The number of hydrogen-bond donors (Lipinski definition) is 1. The van der Waals surface area contributed by atoms with Crippen molar-refractivity contribution in [2.45, 2.75) is 4.90 Å². The lowest BCUT2D eigenvalue weighted by atomic mass is 10.2. The predicted octanol–water partition coefficient (Wildman–Crippen LogP) is 5.82. The van der Waals surface area contributed by atoms with Gasteiger partial charge in [0.25, 0.3) is 5.91 Å². The first kappa shape index (κ1) is 19.3. The van der Waals surface area contributed by atoms with E-state index in [-0.39, 0.29) is 17.1 Å². The van der Waals surface area contributed by atoms with E-state index < -0.39 is 11.7 Å². The average Bonchev–Trinajstić information content (AvgIpc) is 2.67. The molecule has 0 aliphatic carbocycles. The number of carbonyl (C=O) groups excluding carboxylic acids is 2. The summed E-state index contributed by atoms with van der Waals surface area (Å²) in [5, 5.41) is 2.68. The Kier molecular flexibility index (Phi) is 6.42. The van der Waals surface area contributed by atoms with Gasteiger partial charge in [-0.05, 0) is 42.5 Å². The van der Waals surface area contributed by atoms with Crippen LogP contribution in [0.2, 0.25) is 0 Å². The molecule has 0 aliphatic rings. The molecule has 3 aromatic carbocycles. The summed E-state index contributed by atoms with van der Waals surface area (Å²) in [5.41, 5.74) is 1.18. The van der Waals surface area contributed by atoms with Gasteiger partial charge in [0.2, 0.25) is 0 Å². The summed E-state index contributed by atoms with van der Waals surface area (Å²) in [5.74, 6) is -0.776. The number of benzene rings is 3. The monoisotopic (exact) mass is 443 g/mol. The lowest BCUT2D eigenvalue weighted by molar-refractivity contribution is 0.101. The maximum absolute atomic E-state index is 13.7. The Hall–Kier alpha value is -2.44. The van der Waals surface area contributed by atoms with E-state index >= 15 is 0 Å². The first-order valence-corrected chi connectivity index (χ1v) is 9.88. The number of halogens is 2. The summed E-state index contributed by atoms with van der Waals surface area (Å²) in [6.07, 6.45) is 0. The topological polar surface area (TPSA) is 46.2 Å². The number of hydrogen-bond acceptors (Lipinski definition) is 3. The van der Waals surface area contributed by atoms with E-state index in [1.165, 1.54) is 30.0 Å². The van der Waals surface area contributed by atoms with Crippen LogP contribution < -0.4 is 5.32 Å². The maximum Gasteiger partial charge on any atom is 0.258 e. The van der Waals surface area contributed by atoms with Crippen molar-refractivity contribution in [3.05, 3.63) is 94.2 Å². The minimum atomic E-state index is -0.569. The van der Waals surface area contributed by atoms with Crippen molar-refractivity contribution in [3.8, 4) is 0 Å². The second-order valence-corrected chi connectivity index (χ2v) is 7.64. The van der Waals surface area contributed by atoms with E-state index in [1.54, 1.807) is 36.4 Å². The molecule has 1 amide bonds. The van der Waals surface area contributed by atoms with Gasteiger partial charge in [-0.2, -0.15) is 0 Å². The van der Waals surface area contributed by atoms with Crippen molar-refractivity contribution in [1.29, 1.82) is 0 Å². The minimum Gasteiger partial charge on any atom is -0.322 e. The van der Waals surface area contributed by atoms with Crippen LogP contribution in [0.1, 0.15) is 20.7 Å². The number of rotatable bonds is 6. The average molecular weight is 444 g/mol. The maximum atomic E-state index is 13.7. The smallest absolute Gasteiger partial charge is 0.258 e. The van der Waals surface area contributed by atoms with Gasteiger partial charge in [-0.15, -0.1) is 11.8 Å². The largest absolute Gasteiger partial charge is 0.322 e. The molecule has 0 atom stereocenters. The van der Waals surface area contributed by atoms with Crippen LogP contribution in [0.3, 0.4) is 0 Å². The van der Waals surface area contributed by atoms with Crippen LogP contribution in [0.25, 0.3) is 0 Å². The van der Waals surface area contributed by atoms with Crippen LogP contribution in [0.4, 0.5) is 10.1 Å². The molecule has 0 heterocycles. The normalized spacial score (nSPS) is 10.4. The first-order chi connectivity index (χ1) is 13.0. The van der Waals surface area contributed by atoms with Gasteiger partial charge in [-0.1, -0.05) is 46.3 Å². The van der Waals surface area contributed by atoms with Crippen LogP contribution in [0.5, 0.6) is 0 Å². The van der Waals surface area contributed by atoms with E-state index in [1.807, 2.05) is 18.2 Å². The number of Topliss-reactive ketones (excluding diaryl/α,β-unsaturated/α-hetero) is 1. The fourth-order valence-electron chi connectivity index (χ4n) is 2.38. The number of thioether (sulfide) groups is 1. The lowest BCUT2D eigenvalue weighted by Crippen LogP contribution is -2.13. The molecule has 0 unspecified atom stereocenters. The van der Waals surface area contributed by atoms with Crippen LogP contribution in [0.15, 0.2) is 82.2 Å². The molecule has 136 valence electrons. The number of carbonyl (C=O) groups is 2. The number of amides is 1. The Labute approximate surface area is 169 Å². The molecular formula is C21H15BrFNO2S. The Bertz CT molecular complexity index is 976. The van der Waals surface area contributed by atoms with E-state index in [4.69, 9.17) is 0 Å². The van der Waals surface area contributed by atoms with Crippen LogP contribution in [-0.2, 0) is 0 Å². The Balaban J connectivity index is 1.63. The first-order valence-electron chi connectivity index (χ1n) is 8.10.